The first-order chi connectivity index (χ1) is 9.96. The summed E-state index contributed by atoms with van der Waals surface area (Å²) in [5.74, 6) is 0.237. The average molecular weight is 350 g/mol. The number of hydrogen-bond donors (Lipinski definition) is 1. The van der Waals surface area contributed by atoms with Gasteiger partial charge in [-0.25, -0.2) is 8.42 Å². The lowest BCUT2D eigenvalue weighted by molar-refractivity contribution is -0.387. The minimum absolute atomic E-state index is 0. The molecule has 1 aromatic carbocycles. The summed E-state index contributed by atoms with van der Waals surface area (Å²) in [6, 6.07) is 5.50. The summed E-state index contributed by atoms with van der Waals surface area (Å²) in [4.78, 5) is 10.2. The molecule has 2 rings (SSSR count). The molecule has 0 amide bonds. The molecule has 0 bridgehead atoms. The maximum atomic E-state index is 12.7. The number of nitrogens with zero attached hydrogens (tertiary/aromatic N) is 2. The van der Waals surface area contributed by atoms with E-state index in [1.165, 1.54) is 28.6 Å². The minimum Gasteiger partial charge on any atom is -0.319 e. The van der Waals surface area contributed by atoms with E-state index in [0.29, 0.717) is 13.1 Å². The van der Waals surface area contributed by atoms with Crippen molar-refractivity contribution in [1.82, 2.24) is 9.62 Å². The summed E-state index contributed by atoms with van der Waals surface area (Å²) >= 11 is 0. The van der Waals surface area contributed by atoms with Crippen LogP contribution in [0.2, 0.25) is 0 Å². The summed E-state index contributed by atoms with van der Waals surface area (Å²) in [5, 5.41) is 14.1. The van der Waals surface area contributed by atoms with Gasteiger partial charge in [-0.1, -0.05) is 12.1 Å². The molecule has 1 saturated heterocycles. The van der Waals surface area contributed by atoms with Gasteiger partial charge in [0.1, 0.15) is 0 Å². The fraction of sp³-hybridized carbons (Fsp3) is 0.538. The van der Waals surface area contributed by atoms with E-state index in [1.54, 1.807) is 0 Å². The van der Waals surface area contributed by atoms with Gasteiger partial charge in [-0.3, -0.25) is 10.1 Å². The monoisotopic (exact) mass is 349 g/mol. The molecular weight excluding hydrogens is 330 g/mol. The molecule has 0 spiro atoms. The third-order valence-electron chi connectivity index (χ3n) is 3.65. The number of benzene rings is 1. The van der Waals surface area contributed by atoms with Crippen molar-refractivity contribution >= 4 is 28.1 Å². The molecule has 9 heteroatoms. The maximum absolute atomic E-state index is 12.7. The van der Waals surface area contributed by atoms with E-state index in [9.17, 15) is 18.5 Å². The number of para-hydroxylation sites is 1. The van der Waals surface area contributed by atoms with Crippen LogP contribution in [0.3, 0.4) is 0 Å². The zero-order valence-electron chi connectivity index (χ0n) is 12.3. The first-order valence-corrected chi connectivity index (χ1v) is 8.29. The molecule has 0 aliphatic carbocycles. The highest BCUT2D eigenvalue weighted by atomic mass is 35.5. The Kier molecular flexibility index (Phi) is 6.73. The molecule has 7 nitrogen and oxygen atoms in total. The zero-order valence-corrected chi connectivity index (χ0v) is 13.9. The number of halogens is 1. The number of nitro benzene ring substituents is 1. The van der Waals surface area contributed by atoms with E-state index in [4.69, 9.17) is 0 Å². The fourth-order valence-corrected chi connectivity index (χ4v) is 4.38. The Labute approximate surface area is 136 Å². The summed E-state index contributed by atoms with van der Waals surface area (Å²) in [6.07, 6.45) is 1.73. The molecule has 124 valence electrons. The second-order valence-corrected chi connectivity index (χ2v) is 7.06. The fourth-order valence-electron chi connectivity index (χ4n) is 2.67. The van der Waals surface area contributed by atoms with Gasteiger partial charge in [-0.2, -0.15) is 4.31 Å². The van der Waals surface area contributed by atoms with Gasteiger partial charge < -0.3 is 5.32 Å². The average Bonchev–Trinajstić information content (AvgIpc) is 2.48. The van der Waals surface area contributed by atoms with Crippen LogP contribution in [0.5, 0.6) is 0 Å². The van der Waals surface area contributed by atoms with Crippen LogP contribution in [-0.4, -0.2) is 44.3 Å². The second kappa shape index (κ2) is 7.87. The third kappa shape index (κ3) is 3.95. The quantitative estimate of drug-likeness (QED) is 0.644. The van der Waals surface area contributed by atoms with Crippen molar-refractivity contribution in [2.24, 2.45) is 5.92 Å². The molecule has 1 atom stereocenters. The molecule has 1 unspecified atom stereocenters. The van der Waals surface area contributed by atoms with E-state index < -0.39 is 14.9 Å². The van der Waals surface area contributed by atoms with Gasteiger partial charge >= 0.3 is 0 Å². The first-order valence-electron chi connectivity index (χ1n) is 6.85. The molecule has 0 saturated carbocycles. The van der Waals surface area contributed by atoms with E-state index in [0.717, 1.165) is 19.4 Å². The Morgan fingerprint density at radius 3 is 2.73 bits per heavy atom. The number of piperidine rings is 1. The molecule has 0 radical (unpaired) electrons. The number of nitrogens with one attached hydrogen (secondary N) is 1. The van der Waals surface area contributed by atoms with Crippen LogP contribution in [0, 0.1) is 16.0 Å². The van der Waals surface area contributed by atoms with Crippen molar-refractivity contribution in [3.63, 3.8) is 0 Å². The summed E-state index contributed by atoms with van der Waals surface area (Å²) in [7, 11) is -2.00. The zero-order chi connectivity index (χ0) is 15.5. The standard InChI is InChI=1S/C13H19N3O4S.ClH/c1-14-9-11-5-4-8-15(10-11)21(19,20)13-7-3-2-6-12(13)16(17)18;/h2-3,6-7,11,14H,4-5,8-10H2,1H3;1H. The van der Waals surface area contributed by atoms with Gasteiger partial charge in [0.05, 0.1) is 4.92 Å². The highest BCUT2D eigenvalue weighted by Gasteiger charge is 2.34. The van der Waals surface area contributed by atoms with Crippen molar-refractivity contribution < 1.29 is 13.3 Å². The van der Waals surface area contributed by atoms with E-state index in [2.05, 4.69) is 5.32 Å². The number of rotatable bonds is 5. The summed E-state index contributed by atoms with van der Waals surface area (Å²) < 4.78 is 26.7. The van der Waals surface area contributed by atoms with Crippen LogP contribution in [0.1, 0.15) is 12.8 Å². The van der Waals surface area contributed by atoms with Crippen LogP contribution in [0.4, 0.5) is 5.69 Å². The maximum Gasteiger partial charge on any atom is 0.289 e. The molecular formula is C13H20ClN3O4S. The van der Waals surface area contributed by atoms with Crippen LogP contribution in [0.25, 0.3) is 0 Å². The summed E-state index contributed by atoms with van der Waals surface area (Å²) in [5.41, 5.74) is -0.367. The number of hydrogen-bond acceptors (Lipinski definition) is 5. The van der Waals surface area contributed by atoms with Gasteiger partial charge in [-0.05, 0) is 38.4 Å². The molecule has 1 aliphatic heterocycles. The largest absolute Gasteiger partial charge is 0.319 e. The van der Waals surface area contributed by atoms with E-state index in [-0.39, 0.29) is 28.9 Å². The topological polar surface area (TPSA) is 92.6 Å². The molecule has 0 aromatic heterocycles. The molecule has 1 heterocycles. The second-order valence-electron chi connectivity index (χ2n) is 5.15. The highest BCUT2D eigenvalue weighted by molar-refractivity contribution is 7.89. The Hall–Kier alpha value is -1.22. The van der Waals surface area contributed by atoms with Crippen LogP contribution in [0.15, 0.2) is 29.2 Å². The normalized spacial score (nSPS) is 19.4. The Morgan fingerprint density at radius 2 is 2.09 bits per heavy atom. The minimum atomic E-state index is -3.83. The Bertz CT molecular complexity index is 621. The van der Waals surface area contributed by atoms with Crippen molar-refractivity contribution in [2.75, 3.05) is 26.7 Å². The van der Waals surface area contributed by atoms with Gasteiger partial charge in [-0.15, -0.1) is 12.4 Å². The Balaban J connectivity index is 0.00000242. The van der Waals surface area contributed by atoms with Gasteiger partial charge in [0.2, 0.25) is 10.0 Å². The van der Waals surface area contributed by atoms with Gasteiger partial charge in [0.25, 0.3) is 5.69 Å². The van der Waals surface area contributed by atoms with Crippen LogP contribution >= 0.6 is 12.4 Å². The molecule has 22 heavy (non-hydrogen) atoms. The number of sulfonamides is 1. The molecule has 1 aromatic rings. The predicted molar refractivity (Wildman–Crippen MR) is 85.8 cm³/mol. The summed E-state index contributed by atoms with van der Waals surface area (Å²) in [6.45, 7) is 1.55. The van der Waals surface area contributed by atoms with Gasteiger partial charge in [0, 0.05) is 19.2 Å². The van der Waals surface area contributed by atoms with Crippen LogP contribution < -0.4 is 5.32 Å². The molecule has 1 N–H and O–H groups in total. The van der Waals surface area contributed by atoms with E-state index in [1.807, 2.05) is 7.05 Å². The van der Waals surface area contributed by atoms with Crippen molar-refractivity contribution in [3.8, 4) is 0 Å². The van der Waals surface area contributed by atoms with Crippen molar-refractivity contribution in [1.29, 1.82) is 0 Å². The lowest BCUT2D eigenvalue weighted by Gasteiger charge is -2.31. The van der Waals surface area contributed by atoms with Crippen LogP contribution in [-0.2, 0) is 10.0 Å². The lowest BCUT2D eigenvalue weighted by Crippen LogP contribution is -2.42. The Morgan fingerprint density at radius 1 is 1.41 bits per heavy atom. The van der Waals surface area contributed by atoms with Crippen molar-refractivity contribution in [3.05, 3.63) is 34.4 Å². The van der Waals surface area contributed by atoms with E-state index >= 15 is 0 Å². The third-order valence-corrected chi connectivity index (χ3v) is 5.57. The van der Waals surface area contributed by atoms with Crippen molar-refractivity contribution in [2.45, 2.75) is 17.7 Å². The SMILES string of the molecule is CNCC1CCCN(S(=O)(=O)c2ccccc2[N+](=O)[O-])C1.Cl. The first kappa shape index (κ1) is 18.8. The highest BCUT2D eigenvalue weighted by Crippen LogP contribution is 2.29. The smallest absolute Gasteiger partial charge is 0.289 e. The lowest BCUT2D eigenvalue weighted by atomic mass is 10.00. The predicted octanol–water partition coefficient (Wildman–Crippen LogP) is 1.64. The van der Waals surface area contributed by atoms with Gasteiger partial charge in [0.15, 0.2) is 4.90 Å². The molecule has 1 aliphatic rings. The molecule has 1 fully saturated rings. The number of nitro groups is 1.